The van der Waals surface area contributed by atoms with Crippen LogP contribution in [0.15, 0.2) is 12.2 Å². The summed E-state index contributed by atoms with van der Waals surface area (Å²) < 4.78 is 10.5. The number of hydrogen-bond acceptors (Lipinski definition) is 5. The van der Waals surface area contributed by atoms with Crippen molar-refractivity contribution in [3.8, 4) is 0 Å². The molecule has 0 aromatic rings. The van der Waals surface area contributed by atoms with E-state index in [0.29, 0.717) is 12.8 Å². The van der Waals surface area contributed by atoms with E-state index in [2.05, 4.69) is 26.0 Å². The van der Waals surface area contributed by atoms with Crippen LogP contribution in [0.5, 0.6) is 0 Å². The monoisotopic (exact) mass is 524 g/mol. The number of allylic oxidation sites excluding steroid dienone is 2. The van der Waals surface area contributed by atoms with Crippen LogP contribution in [0.3, 0.4) is 0 Å². The molecule has 0 aromatic heterocycles. The van der Waals surface area contributed by atoms with E-state index in [1.807, 2.05) is 0 Å². The van der Waals surface area contributed by atoms with Gasteiger partial charge in [-0.1, -0.05) is 122 Å². The van der Waals surface area contributed by atoms with Crippen LogP contribution in [0.4, 0.5) is 0 Å². The van der Waals surface area contributed by atoms with E-state index in [1.165, 1.54) is 89.9 Å². The zero-order valence-electron chi connectivity index (χ0n) is 24.5. The number of rotatable bonds is 28. The van der Waals surface area contributed by atoms with Crippen molar-refractivity contribution in [3.63, 3.8) is 0 Å². The van der Waals surface area contributed by atoms with E-state index in [9.17, 15) is 14.7 Å². The number of aliphatic hydroxyl groups excluding tert-OH is 1. The fourth-order valence-corrected chi connectivity index (χ4v) is 4.37. The van der Waals surface area contributed by atoms with Crippen LogP contribution in [0.2, 0.25) is 0 Å². The molecule has 5 heteroatoms. The van der Waals surface area contributed by atoms with Gasteiger partial charge in [0.25, 0.3) is 0 Å². The number of hydrogen-bond donors (Lipinski definition) is 1. The molecular formula is C32H60O5. The predicted octanol–water partition coefficient (Wildman–Crippen LogP) is 9.00. The molecule has 0 heterocycles. The first-order valence-corrected chi connectivity index (χ1v) is 15.7. The van der Waals surface area contributed by atoms with E-state index >= 15 is 0 Å². The highest BCUT2D eigenvalue weighted by molar-refractivity contribution is 5.70. The lowest BCUT2D eigenvalue weighted by Gasteiger charge is -2.15. The van der Waals surface area contributed by atoms with Crippen molar-refractivity contribution in [2.45, 2.75) is 168 Å². The third-order valence-corrected chi connectivity index (χ3v) is 6.81. The average molecular weight is 525 g/mol. The molecule has 218 valence electrons. The van der Waals surface area contributed by atoms with Gasteiger partial charge in [-0.05, 0) is 38.5 Å². The molecule has 0 unspecified atom stereocenters. The van der Waals surface area contributed by atoms with Crippen LogP contribution < -0.4 is 0 Å². The van der Waals surface area contributed by atoms with Gasteiger partial charge in [0, 0.05) is 12.8 Å². The molecule has 0 spiro atoms. The Morgan fingerprint density at radius 1 is 0.595 bits per heavy atom. The van der Waals surface area contributed by atoms with Crippen molar-refractivity contribution in [3.05, 3.63) is 12.2 Å². The summed E-state index contributed by atoms with van der Waals surface area (Å²) in [4.78, 5) is 24.0. The largest absolute Gasteiger partial charge is 0.462 e. The van der Waals surface area contributed by atoms with Crippen molar-refractivity contribution in [2.24, 2.45) is 0 Å². The van der Waals surface area contributed by atoms with Gasteiger partial charge in [0.2, 0.25) is 0 Å². The van der Waals surface area contributed by atoms with Gasteiger partial charge >= 0.3 is 11.9 Å². The smallest absolute Gasteiger partial charge is 0.306 e. The standard InChI is InChI=1S/C32H60O5/c1-3-5-7-9-11-13-15-17-18-20-22-24-26-31(34)36-29-30(28-33)37-32(35)27-25-23-21-19-16-14-12-10-8-6-4-2/h11,13,30,33H,3-10,12,14-29H2,1-2H3/b13-11+/t30-/m0/s1. The van der Waals surface area contributed by atoms with Crippen LogP contribution in [0.25, 0.3) is 0 Å². The maximum atomic E-state index is 12.0. The minimum absolute atomic E-state index is 0.0656. The highest BCUT2D eigenvalue weighted by Gasteiger charge is 2.16. The molecule has 0 aliphatic rings. The Balaban J connectivity index is 3.59. The molecule has 37 heavy (non-hydrogen) atoms. The van der Waals surface area contributed by atoms with Crippen LogP contribution in [-0.4, -0.2) is 36.4 Å². The first-order chi connectivity index (χ1) is 18.1. The highest BCUT2D eigenvalue weighted by Crippen LogP contribution is 2.13. The Morgan fingerprint density at radius 3 is 1.51 bits per heavy atom. The fraction of sp³-hybridized carbons (Fsp3) is 0.875. The summed E-state index contributed by atoms with van der Waals surface area (Å²) in [6.45, 7) is 4.08. The van der Waals surface area contributed by atoms with Gasteiger partial charge in [-0.3, -0.25) is 9.59 Å². The second-order valence-corrected chi connectivity index (χ2v) is 10.5. The summed E-state index contributed by atoms with van der Waals surface area (Å²) >= 11 is 0. The predicted molar refractivity (Wildman–Crippen MR) is 155 cm³/mol. The molecule has 0 saturated carbocycles. The second-order valence-electron chi connectivity index (χ2n) is 10.5. The minimum atomic E-state index is -0.765. The van der Waals surface area contributed by atoms with Crippen LogP contribution in [0.1, 0.15) is 162 Å². The number of aliphatic hydroxyl groups is 1. The summed E-state index contributed by atoms with van der Waals surface area (Å²) in [7, 11) is 0. The van der Waals surface area contributed by atoms with Gasteiger partial charge in [0.15, 0.2) is 6.10 Å². The normalized spacial score (nSPS) is 12.2. The molecule has 0 aromatic carbocycles. The summed E-state index contributed by atoms with van der Waals surface area (Å²) in [6.07, 6.45) is 29.7. The van der Waals surface area contributed by atoms with E-state index in [1.54, 1.807) is 0 Å². The molecule has 0 aliphatic heterocycles. The molecule has 0 rings (SSSR count). The quantitative estimate of drug-likeness (QED) is 0.0628. The summed E-state index contributed by atoms with van der Waals surface area (Å²) in [5.41, 5.74) is 0. The molecule has 5 nitrogen and oxygen atoms in total. The van der Waals surface area contributed by atoms with Gasteiger partial charge in [-0.15, -0.1) is 0 Å². The average Bonchev–Trinajstić information content (AvgIpc) is 2.90. The third-order valence-electron chi connectivity index (χ3n) is 6.81. The summed E-state index contributed by atoms with van der Waals surface area (Å²) in [5, 5.41) is 9.46. The maximum absolute atomic E-state index is 12.0. The molecule has 1 N–H and O–H groups in total. The number of carbonyl (C=O) groups excluding carboxylic acids is 2. The first kappa shape index (κ1) is 35.6. The lowest BCUT2D eigenvalue weighted by Crippen LogP contribution is -2.28. The van der Waals surface area contributed by atoms with Gasteiger partial charge in [-0.25, -0.2) is 0 Å². The second kappa shape index (κ2) is 29.2. The van der Waals surface area contributed by atoms with Crippen LogP contribution >= 0.6 is 0 Å². The van der Waals surface area contributed by atoms with Crippen molar-refractivity contribution < 1.29 is 24.2 Å². The summed E-state index contributed by atoms with van der Waals surface area (Å²) in [6, 6.07) is 0. The van der Waals surface area contributed by atoms with Crippen LogP contribution in [-0.2, 0) is 19.1 Å². The fourth-order valence-electron chi connectivity index (χ4n) is 4.37. The Bertz CT molecular complexity index is 531. The SMILES string of the molecule is CCCCC/C=C/CCCCCCCC(=O)OC[C@H](CO)OC(=O)CCCCCCCCCCCCC. The lowest BCUT2D eigenvalue weighted by molar-refractivity contribution is -0.161. The molecule has 1 atom stereocenters. The zero-order chi connectivity index (χ0) is 27.2. The Kier molecular flexibility index (Phi) is 28.1. The van der Waals surface area contributed by atoms with Gasteiger partial charge in [0.05, 0.1) is 6.61 Å². The van der Waals surface area contributed by atoms with Crippen molar-refractivity contribution in [1.82, 2.24) is 0 Å². The van der Waals surface area contributed by atoms with Crippen molar-refractivity contribution in [2.75, 3.05) is 13.2 Å². The van der Waals surface area contributed by atoms with Crippen LogP contribution in [0, 0.1) is 0 Å². The van der Waals surface area contributed by atoms with Crippen molar-refractivity contribution >= 4 is 11.9 Å². The summed E-state index contributed by atoms with van der Waals surface area (Å²) in [5.74, 6) is -0.600. The zero-order valence-corrected chi connectivity index (χ0v) is 24.5. The van der Waals surface area contributed by atoms with Gasteiger partial charge in [0.1, 0.15) is 6.61 Å². The molecule has 0 radical (unpaired) electrons. The topological polar surface area (TPSA) is 72.8 Å². The van der Waals surface area contributed by atoms with E-state index in [-0.39, 0.29) is 25.2 Å². The number of ether oxygens (including phenoxy) is 2. The molecule has 0 saturated heterocycles. The number of carbonyl (C=O) groups is 2. The Hall–Kier alpha value is -1.36. The number of esters is 2. The van der Waals surface area contributed by atoms with E-state index in [4.69, 9.17) is 9.47 Å². The van der Waals surface area contributed by atoms with E-state index in [0.717, 1.165) is 44.9 Å². The Labute approximate surface area is 229 Å². The minimum Gasteiger partial charge on any atom is -0.462 e. The van der Waals surface area contributed by atoms with Gasteiger partial charge < -0.3 is 14.6 Å². The highest BCUT2D eigenvalue weighted by atomic mass is 16.6. The molecule has 0 bridgehead atoms. The molecule has 0 fully saturated rings. The first-order valence-electron chi connectivity index (χ1n) is 15.7. The molecule has 0 amide bonds. The Morgan fingerprint density at radius 2 is 1.00 bits per heavy atom. The molecular weight excluding hydrogens is 464 g/mol. The third kappa shape index (κ3) is 27.5. The number of unbranched alkanes of at least 4 members (excludes halogenated alkanes) is 18. The van der Waals surface area contributed by atoms with Crippen molar-refractivity contribution in [1.29, 1.82) is 0 Å². The molecule has 0 aliphatic carbocycles. The lowest BCUT2D eigenvalue weighted by atomic mass is 10.1. The maximum Gasteiger partial charge on any atom is 0.306 e. The van der Waals surface area contributed by atoms with E-state index < -0.39 is 6.10 Å². The van der Waals surface area contributed by atoms with Gasteiger partial charge in [-0.2, -0.15) is 0 Å².